The fraction of sp³-hybridized carbons (Fsp3) is 0.217. The Kier molecular flexibility index (Phi) is 6.10. The SMILES string of the molecule is CCn1nc(C)c2c1c(=O)n(Cc1ccc(F)cc1)c(=O)n2CC(=O)Nc1cc(F)ccc1F. The number of carbonyl (C=O) groups is 1. The van der Waals surface area contributed by atoms with Gasteiger partial charge in [-0.3, -0.25) is 23.4 Å². The quantitative estimate of drug-likeness (QED) is 0.468. The lowest BCUT2D eigenvalue weighted by Crippen LogP contribution is -2.42. The number of rotatable bonds is 6. The number of amides is 1. The first-order valence-electron chi connectivity index (χ1n) is 10.4. The highest BCUT2D eigenvalue weighted by atomic mass is 19.1. The fourth-order valence-electron chi connectivity index (χ4n) is 3.78. The van der Waals surface area contributed by atoms with E-state index < -0.39 is 41.2 Å². The van der Waals surface area contributed by atoms with Crippen LogP contribution in [0.5, 0.6) is 0 Å². The largest absolute Gasteiger partial charge is 0.332 e. The lowest BCUT2D eigenvalue weighted by atomic mass is 10.2. The van der Waals surface area contributed by atoms with E-state index in [1.54, 1.807) is 13.8 Å². The summed E-state index contributed by atoms with van der Waals surface area (Å²) in [6.07, 6.45) is 0. The molecule has 34 heavy (non-hydrogen) atoms. The average molecular weight is 471 g/mol. The average Bonchev–Trinajstić information content (AvgIpc) is 3.14. The van der Waals surface area contributed by atoms with Gasteiger partial charge in [-0.25, -0.2) is 18.0 Å². The van der Waals surface area contributed by atoms with Gasteiger partial charge in [0.1, 0.15) is 29.5 Å². The van der Waals surface area contributed by atoms with E-state index in [0.717, 1.165) is 27.3 Å². The standard InChI is InChI=1S/C23H20F3N5O3/c1-3-31-21-20(13(2)28-31)29(12-19(32)27-18-10-16(25)8-9-17(18)26)23(34)30(22(21)33)11-14-4-6-15(24)7-5-14/h4-10H,3,11-12H2,1-2H3,(H,27,32). The molecule has 0 fully saturated rings. The van der Waals surface area contributed by atoms with Crippen molar-refractivity contribution in [2.75, 3.05) is 5.32 Å². The van der Waals surface area contributed by atoms with E-state index >= 15 is 0 Å². The highest BCUT2D eigenvalue weighted by molar-refractivity contribution is 5.91. The van der Waals surface area contributed by atoms with E-state index in [2.05, 4.69) is 10.4 Å². The van der Waals surface area contributed by atoms with Crippen LogP contribution < -0.4 is 16.6 Å². The summed E-state index contributed by atoms with van der Waals surface area (Å²) < 4.78 is 44.2. The Morgan fingerprint density at radius 2 is 1.65 bits per heavy atom. The number of aryl methyl sites for hydroxylation is 2. The predicted molar refractivity (Wildman–Crippen MR) is 119 cm³/mol. The molecule has 0 saturated heterocycles. The number of nitrogens with one attached hydrogen (secondary N) is 1. The van der Waals surface area contributed by atoms with Gasteiger partial charge in [-0.2, -0.15) is 5.10 Å². The molecule has 176 valence electrons. The number of fused-ring (bicyclic) bond motifs is 1. The molecule has 0 atom stereocenters. The summed E-state index contributed by atoms with van der Waals surface area (Å²) in [6, 6.07) is 7.90. The summed E-state index contributed by atoms with van der Waals surface area (Å²) in [5, 5.41) is 6.55. The molecule has 0 bridgehead atoms. The van der Waals surface area contributed by atoms with Crippen molar-refractivity contribution in [3.05, 3.63) is 92.0 Å². The molecular formula is C23H20F3N5O3. The van der Waals surface area contributed by atoms with Gasteiger partial charge in [0.2, 0.25) is 5.91 Å². The molecule has 8 nitrogen and oxygen atoms in total. The van der Waals surface area contributed by atoms with Crippen LogP contribution in [0.25, 0.3) is 11.0 Å². The summed E-state index contributed by atoms with van der Waals surface area (Å²) >= 11 is 0. The molecule has 0 radical (unpaired) electrons. The summed E-state index contributed by atoms with van der Waals surface area (Å²) in [5.41, 5.74) is -0.653. The predicted octanol–water partition coefficient (Wildman–Crippen LogP) is 2.79. The second-order valence-electron chi connectivity index (χ2n) is 7.66. The van der Waals surface area contributed by atoms with Gasteiger partial charge in [-0.05, 0) is 43.7 Å². The Balaban J connectivity index is 1.83. The fourth-order valence-corrected chi connectivity index (χ4v) is 3.78. The lowest BCUT2D eigenvalue weighted by molar-refractivity contribution is -0.116. The third-order valence-corrected chi connectivity index (χ3v) is 5.33. The molecule has 1 amide bonds. The zero-order valence-corrected chi connectivity index (χ0v) is 18.3. The number of carbonyl (C=O) groups excluding carboxylic acids is 1. The molecule has 0 aliphatic rings. The van der Waals surface area contributed by atoms with Crippen molar-refractivity contribution in [2.24, 2.45) is 0 Å². The van der Waals surface area contributed by atoms with Crippen molar-refractivity contribution >= 4 is 22.6 Å². The number of aromatic nitrogens is 4. The minimum Gasteiger partial charge on any atom is -0.322 e. The van der Waals surface area contributed by atoms with Crippen molar-refractivity contribution in [3.63, 3.8) is 0 Å². The number of anilines is 1. The topological polar surface area (TPSA) is 90.9 Å². The first-order chi connectivity index (χ1) is 16.2. The highest BCUT2D eigenvalue weighted by Crippen LogP contribution is 2.17. The van der Waals surface area contributed by atoms with Crippen LogP contribution in [0.1, 0.15) is 18.2 Å². The zero-order valence-electron chi connectivity index (χ0n) is 18.3. The lowest BCUT2D eigenvalue weighted by Gasteiger charge is -2.14. The maximum atomic E-state index is 14.0. The molecule has 11 heteroatoms. The maximum absolute atomic E-state index is 14.0. The number of benzene rings is 2. The van der Waals surface area contributed by atoms with Crippen LogP contribution in [0, 0.1) is 24.4 Å². The van der Waals surface area contributed by atoms with Gasteiger partial charge in [-0.1, -0.05) is 12.1 Å². The van der Waals surface area contributed by atoms with E-state index in [4.69, 9.17) is 0 Å². The monoisotopic (exact) mass is 471 g/mol. The summed E-state index contributed by atoms with van der Waals surface area (Å²) in [5.74, 6) is -2.86. The molecule has 1 N–H and O–H groups in total. The number of hydrogen-bond donors (Lipinski definition) is 1. The first kappa shape index (κ1) is 23.0. The Morgan fingerprint density at radius 1 is 0.971 bits per heavy atom. The summed E-state index contributed by atoms with van der Waals surface area (Å²) in [7, 11) is 0. The van der Waals surface area contributed by atoms with Crippen LogP contribution in [0.4, 0.5) is 18.9 Å². The second-order valence-corrected chi connectivity index (χ2v) is 7.66. The Bertz CT molecular complexity index is 1520. The van der Waals surface area contributed by atoms with Gasteiger partial charge in [-0.15, -0.1) is 0 Å². The van der Waals surface area contributed by atoms with Gasteiger partial charge in [0.05, 0.1) is 17.9 Å². The molecule has 2 aromatic carbocycles. The van der Waals surface area contributed by atoms with Crippen molar-refractivity contribution in [2.45, 2.75) is 33.5 Å². The Labute approximate surface area is 190 Å². The zero-order chi connectivity index (χ0) is 24.6. The summed E-state index contributed by atoms with van der Waals surface area (Å²) in [6.45, 7) is 2.95. The molecule has 2 aromatic heterocycles. The van der Waals surface area contributed by atoms with E-state index in [9.17, 15) is 27.6 Å². The molecule has 4 aromatic rings. The maximum Gasteiger partial charge on any atom is 0.332 e. The first-order valence-corrected chi connectivity index (χ1v) is 10.4. The number of halogens is 3. The molecule has 0 aliphatic carbocycles. The molecular weight excluding hydrogens is 451 g/mol. The van der Waals surface area contributed by atoms with Crippen LogP contribution >= 0.6 is 0 Å². The molecule has 2 heterocycles. The third-order valence-electron chi connectivity index (χ3n) is 5.33. The minimum atomic E-state index is -0.844. The van der Waals surface area contributed by atoms with Gasteiger partial charge in [0.25, 0.3) is 5.56 Å². The van der Waals surface area contributed by atoms with E-state index in [-0.39, 0.29) is 23.3 Å². The highest BCUT2D eigenvalue weighted by Gasteiger charge is 2.22. The Morgan fingerprint density at radius 3 is 2.32 bits per heavy atom. The van der Waals surface area contributed by atoms with E-state index in [0.29, 0.717) is 17.8 Å². The van der Waals surface area contributed by atoms with Crippen molar-refractivity contribution < 1.29 is 18.0 Å². The summed E-state index contributed by atoms with van der Waals surface area (Å²) in [4.78, 5) is 39.3. The van der Waals surface area contributed by atoms with E-state index in [1.165, 1.54) is 28.9 Å². The van der Waals surface area contributed by atoms with Crippen LogP contribution in [0.2, 0.25) is 0 Å². The number of hydrogen-bond acceptors (Lipinski definition) is 4. The van der Waals surface area contributed by atoms with Crippen LogP contribution in [0.3, 0.4) is 0 Å². The van der Waals surface area contributed by atoms with E-state index in [1.807, 2.05) is 0 Å². The molecule has 0 unspecified atom stereocenters. The van der Waals surface area contributed by atoms with Crippen LogP contribution in [-0.4, -0.2) is 24.8 Å². The smallest absolute Gasteiger partial charge is 0.322 e. The molecule has 4 rings (SSSR count). The normalized spacial score (nSPS) is 11.2. The second kappa shape index (κ2) is 9.00. The van der Waals surface area contributed by atoms with Crippen molar-refractivity contribution in [1.82, 2.24) is 18.9 Å². The van der Waals surface area contributed by atoms with Gasteiger partial charge in [0, 0.05) is 12.6 Å². The van der Waals surface area contributed by atoms with Crippen LogP contribution in [0.15, 0.2) is 52.1 Å². The van der Waals surface area contributed by atoms with Gasteiger partial charge < -0.3 is 5.32 Å². The van der Waals surface area contributed by atoms with Gasteiger partial charge in [0.15, 0.2) is 5.52 Å². The number of nitrogens with zero attached hydrogens (tertiary/aromatic N) is 4. The third kappa shape index (κ3) is 4.24. The van der Waals surface area contributed by atoms with Crippen molar-refractivity contribution in [1.29, 1.82) is 0 Å². The molecule has 0 aliphatic heterocycles. The minimum absolute atomic E-state index is 0.117. The van der Waals surface area contributed by atoms with Gasteiger partial charge >= 0.3 is 5.69 Å². The van der Waals surface area contributed by atoms with Crippen LogP contribution in [-0.2, 0) is 24.4 Å². The Hall–Kier alpha value is -4.15. The van der Waals surface area contributed by atoms with Crippen molar-refractivity contribution in [3.8, 4) is 0 Å². The molecule has 0 spiro atoms. The molecule has 0 saturated carbocycles.